The number of ether oxygens (including phenoxy) is 7. The van der Waals surface area contributed by atoms with E-state index in [1.807, 2.05) is 23.6 Å². The molecular weight excluding hydrogens is 1350 g/mol. The summed E-state index contributed by atoms with van der Waals surface area (Å²) in [6.45, 7) is 23.8. The number of rotatable bonds is 23. The van der Waals surface area contributed by atoms with Crippen LogP contribution in [0.3, 0.4) is 0 Å². The van der Waals surface area contributed by atoms with Crippen LogP contribution in [0.15, 0.2) is 96.4 Å². The molecule has 4 aromatic carbocycles. The van der Waals surface area contributed by atoms with Gasteiger partial charge in [0.2, 0.25) is 0 Å². The maximum absolute atomic E-state index is 13.5. The van der Waals surface area contributed by atoms with Crippen molar-refractivity contribution in [2.75, 3.05) is 73.4 Å². The van der Waals surface area contributed by atoms with Crippen molar-refractivity contribution in [2.24, 2.45) is 0 Å². The number of esters is 2. The Kier molecular flexibility index (Phi) is 24.5. The lowest BCUT2D eigenvalue weighted by Crippen LogP contribution is -2.53. The van der Waals surface area contributed by atoms with E-state index >= 15 is 0 Å². The summed E-state index contributed by atoms with van der Waals surface area (Å²) >= 11 is 1.34. The van der Waals surface area contributed by atoms with E-state index in [-0.39, 0.29) is 50.1 Å². The third-order valence-corrected chi connectivity index (χ3v) is 20.0. The second-order valence-electron chi connectivity index (χ2n) is 28.3. The summed E-state index contributed by atoms with van der Waals surface area (Å²) in [6.07, 6.45) is -1.46. The summed E-state index contributed by atoms with van der Waals surface area (Å²) in [5.74, 6) is -2.37. The van der Waals surface area contributed by atoms with E-state index in [1.54, 1.807) is 70.7 Å². The fraction of sp³-hybridized carbons (Fsp3) is 0.441. The van der Waals surface area contributed by atoms with Crippen molar-refractivity contribution >= 4 is 98.5 Å². The average molecular weight is 1440 g/mol. The maximum atomic E-state index is 13.5. The molecule has 9 rings (SSSR count). The average Bonchev–Trinajstić information content (AvgIpc) is 1.61. The number of alkyl carbamates (subject to hydrolysis) is 2. The summed E-state index contributed by atoms with van der Waals surface area (Å²) in [7, 11) is 1.39. The van der Waals surface area contributed by atoms with Gasteiger partial charge in [0.15, 0.2) is 21.7 Å². The number of carbonyl (C=O) groups excluding carboxylic acids is 11. The van der Waals surface area contributed by atoms with Gasteiger partial charge in [-0.2, -0.15) is 0 Å². The number of nitrogens with one attached hydrogen (secondary N) is 6. The quantitative estimate of drug-likeness (QED) is 0.0106. The first-order valence-corrected chi connectivity index (χ1v) is 40.2. The van der Waals surface area contributed by atoms with Gasteiger partial charge in [-0.1, -0.05) is 93.9 Å². The van der Waals surface area contributed by atoms with E-state index in [2.05, 4.69) is 76.2 Å². The van der Waals surface area contributed by atoms with Gasteiger partial charge in [-0.3, -0.25) is 24.5 Å². The number of anilines is 1. The number of carbonyl (C=O) groups is 11. The lowest BCUT2D eigenvalue weighted by atomic mass is 9.88. The first kappa shape index (κ1) is 77.6. The van der Waals surface area contributed by atoms with Crippen LogP contribution in [0.25, 0.3) is 11.3 Å². The summed E-state index contributed by atoms with van der Waals surface area (Å²) in [6, 6.07) is 24.5. The van der Waals surface area contributed by atoms with Crippen LogP contribution < -0.4 is 42.4 Å². The molecule has 4 aliphatic rings. The molecule has 1 unspecified atom stereocenters. The van der Waals surface area contributed by atoms with Gasteiger partial charge in [0.1, 0.15) is 30.4 Å². The molecule has 0 aliphatic carbocycles. The van der Waals surface area contributed by atoms with Crippen molar-refractivity contribution in [3.05, 3.63) is 135 Å². The van der Waals surface area contributed by atoms with Crippen LogP contribution in [-0.4, -0.2) is 181 Å². The van der Waals surface area contributed by atoms with Gasteiger partial charge < -0.3 is 70.4 Å². The van der Waals surface area contributed by atoms with E-state index in [9.17, 15) is 52.7 Å². The van der Waals surface area contributed by atoms with Crippen LogP contribution in [0, 0.1) is 0 Å². The van der Waals surface area contributed by atoms with Crippen molar-refractivity contribution in [3.8, 4) is 17.0 Å². The Morgan fingerprint density at radius 3 is 1.43 bits per heavy atom. The number of hydrogen-bond acceptors (Lipinski definition) is 21. The Morgan fingerprint density at radius 2 is 1.05 bits per heavy atom. The Hall–Kier alpha value is -9.77. The summed E-state index contributed by atoms with van der Waals surface area (Å²) in [5.41, 5.74) is 4.49. The third kappa shape index (κ3) is 19.4. The molecule has 29 nitrogen and oxygen atoms in total. The SMILES string of the molecule is COC(=O)c1ccc(C2(CNC(=O)OC(C)(C)C)NC(=O)N(COCC[Si](C)(C)C)C2=O)cc1.COC(=O)c1ccc([C@]2(CNC(=O)OC(C)(C)C)NC(=O)N(COCC[Si](C)(C)C)C2=O)cc1.COc1ccc2c(c1)C(=O)N(C[C@@]1(c3ccc(-c4csc(N)n4)cc3)NC(=O)NC1=O)C2. The highest BCUT2D eigenvalue weighted by atomic mass is 32.1. The minimum absolute atomic E-state index is 0.0105. The zero-order chi connectivity index (χ0) is 73.9. The highest BCUT2D eigenvalue weighted by molar-refractivity contribution is 7.13. The number of methoxy groups -OCH3 is 3. The number of urea groups is 3. The van der Waals surface area contributed by atoms with Crippen molar-refractivity contribution in [3.63, 3.8) is 0 Å². The van der Waals surface area contributed by atoms with Gasteiger partial charge in [0, 0.05) is 52.4 Å². The highest BCUT2D eigenvalue weighted by Gasteiger charge is 2.55. The first-order chi connectivity index (χ1) is 46.8. The number of thiazole rings is 1. The number of amides is 12. The van der Waals surface area contributed by atoms with Gasteiger partial charge >= 0.3 is 42.2 Å². The van der Waals surface area contributed by atoms with Gasteiger partial charge in [-0.05, 0) is 112 Å². The molecule has 3 atom stereocenters. The summed E-state index contributed by atoms with van der Waals surface area (Å²) in [5, 5.41) is 17.9. The predicted molar refractivity (Wildman–Crippen MR) is 374 cm³/mol. The van der Waals surface area contributed by atoms with Crippen LogP contribution in [0.2, 0.25) is 51.4 Å². The van der Waals surface area contributed by atoms with Gasteiger partial charge in [-0.25, -0.2) is 48.3 Å². The van der Waals surface area contributed by atoms with Crippen molar-refractivity contribution in [2.45, 2.75) is 127 Å². The third-order valence-electron chi connectivity index (χ3n) is 15.9. The Bertz CT molecular complexity index is 3740. The number of nitrogens with zero attached hydrogens (tertiary/aromatic N) is 4. The number of imide groups is 3. The Balaban J connectivity index is 0.000000211. The first-order valence-electron chi connectivity index (χ1n) is 31.9. The van der Waals surface area contributed by atoms with Crippen molar-refractivity contribution in [1.29, 1.82) is 0 Å². The molecule has 0 radical (unpaired) electrons. The minimum atomic E-state index is -1.59. The normalized spacial score (nSPS) is 18.9. The van der Waals surface area contributed by atoms with Gasteiger partial charge in [-0.15, -0.1) is 11.3 Å². The topological polar surface area (TPSA) is 373 Å². The molecule has 538 valence electrons. The number of benzene rings is 4. The Morgan fingerprint density at radius 1 is 0.610 bits per heavy atom. The van der Waals surface area contributed by atoms with Crippen LogP contribution in [0.5, 0.6) is 5.75 Å². The van der Waals surface area contributed by atoms with E-state index in [4.69, 9.17) is 38.9 Å². The number of nitrogen functional groups attached to an aromatic ring is 1. The molecule has 3 saturated heterocycles. The molecule has 12 amide bonds. The largest absolute Gasteiger partial charge is 0.497 e. The maximum Gasteiger partial charge on any atom is 0.407 e. The van der Waals surface area contributed by atoms with Crippen molar-refractivity contribution in [1.82, 2.24) is 51.6 Å². The lowest BCUT2D eigenvalue weighted by molar-refractivity contribution is -0.136. The predicted octanol–water partition coefficient (Wildman–Crippen LogP) is 8.21. The summed E-state index contributed by atoms with van der Waals surface area (Å²) in [4.78, 5) is 147. The smallest absolute Gasteiger partial charge is 0.407 e. The van der Waals surface area contributed by atoms with Crippen LogP contribution in [-0.2, 0) is 66.0 Å². The standard InChI is InChI=1S/2C23H35N3O7Si.C22H19N5O4S/c2*1-22(2,3)33-21(30)24-14-23(17-10-8-16(9-11-17)18(27)31-4)19(28)26(20(29)25-23)15-32-12-13-34(5,6)7;1-31-15-7-4-13-9-27(18(28)16(13)8-15)11-22(19(29)25-21(30)26-22)14-5-2-12(3-6-14)17-10-32-20(23)24-17/h2*8-11H,12-15H2,1-7H3,(H,24,30)(H,25,29);2-8,10H,9,11H2,1H3,(H2,23,24)(H2,25,26,29,30)/t23-;;22-/m0.0/s1. The van der Waals surface area contributed by atoms with Crippen molar-refractivity contribution < 1.29 is 85.9 Å². The molecular formula is C68H89N11O18SSi2. The lowest BCUT2D eigenvalue weighted by Gasteiger charge is -2.31. The molecule has 0 spiro atoms. The number of fused-ring (bicyclic) bond motifs is 1. The van der Waals surface area contributed by atoms with Gasteiger partial charge in [0.05, 0.1) is 57.8 Å². The fourth-order valence-electron chi connectivity index (χ4n) is 10.6. The molecule has 5 heterocycles. The minimum Gasteiger partial charge on any atom is -0.497 e. The highest BCUT2D eigenvalue weighted by Crippen LogP contribution is 2.36. The van der Waals surface area contributed by atoms with E-state index < -0.39 is 104 Å². The molecule has 0 bridgehead atoms. The van der Waals surface area contributed by atoms with Gasteiger partial charge in [0.25, 0.3) is 23.6 Å². The molecule has 8 N–H and O–H groups in total. The molecule has 100 heavy (non-hydrogen) atoms. The molecule has 3 fully saturated rings. The monoisotopic (exact) mass is 1440 g/mol. The number of nitrogens with two attached hydrogens (primary N) is 1. The second kappa shape index (κ2) is 31.6. The van der Waals surface area contributed by atoms with Crippen LogP contribution >= 0.6 is 11.3 Å². The van der Waals surface area contributed by atoms with E-state index in [1.165, 1.54) is 81.2 Å². The Labute approximate surface area is 586 Å². The molecule has 1 aromatic heterocycles. The zero-order valence-electron chi connectivity index (χ0n) is 58.9. The molecule has 4 aliphatic heterocycles. The van der Waals surface area contributed by atoms with Crippen LogP contribution in [0.1, 0.15) is 94.9 Å². The molecule has 0 saturated carbocycles. The number of aromatic nitrogens is 1. The van der Waals surface area contributed by atoms with E-state index in [0.29, 0.717) is 52.9 Å². The zero-order valence-corrected chi connectivity index (χ0v) is 61.7. The van der Waals surface area contributed by atoms with Crippen LogP contribution in [0.4, 0.5) is 29.1 Å². The molecule has 32 heteroatoms. The second-order valence-corrected chi connectivity index (χ2v) is 40.5. The van der Waals surface area contributed by atoms with E-state index in [0.717, 1.165) is 38.7 Å². The fourth-order valence-corrected chi connectivity index (χ4v) is 12.7. The number of hydrogen-bond donors (Lipinski definition) is 7. The molecule has 5 aromatic rings. The summed E-state index contributed by atoms with van der Waals surface area (Å²) < 4.78 is 36.5.